The van der Waals surface area contributed by atoms with Crippen molar-refractivity contribution in [3.63, 3.8) is 0 Å². The molecule has 0 aromatic heterocycles. The molecule has 0 spiro atoms. The molecule has 1 atom stereocenters. The van der Waals surface area contributed by atoms with Gasteiger partial charge in [-0.1, -0.05) is 0 Å². The summed E-state index contributed by atoms with van der Waals surface area (Å²) in [5.41, 5.74) is 0. The molecule has 1 rings (SSSR count). The molecule has 1 heterocycles. The number of nitrogens with zero attached hydrogens (tertiary/aromatic N) is 2. The highest BCUT2D eigenvalue weighted by molar-refractivity contribution is 5.95. The number of amides is 4. The van der Waals surface area contributed by atoms with Gasteiger partial charge in [-0.2, -0.15) is 5.06 Å². The number of hydroxylamine groups is 2. The number of rotatable bonds is 1. The lowest BCUT2D eigenvalue weighted by Crippen LogP contribution is -2.64. The zero-order valence-corrected chi connectivity index (χ0v) is 7.81. The molecule has 1 aliphatic rings. The zero-order valence-electron chi connectivity index (χ0n) is 7.81. The Labute approximate surface area is 76.1 Å². The van der Waals surface area contributed by atoms with Crippen LogP contribution in [0.3, 0.4) is 0 Å². The predicted molar refractivity (Wildman–Crippen MR) is 44.0 cm³/mol. The summed E-state index contributed by atoms with van der Waals surface area (Å²) in [5, 5.41) is 12.1. The third-order valence-electron chi connectivity index (χ3n) is 1.84. The Morgan fingerprint density at radius 1 is 1.46 bits per heavy atom. The van der Waals surface area contributed by atoms with Crippen molar-refractivity contribution >= 4 is 12.1 Å². The second kappa shape index (κ2) is 3.21. The molecule has 13 heavy (non-hydrogen) atoms. The van der Waals surface area contributed by atoms with Crippen LogP contribution >= 0.6 is 0 Å². The monoisotopic (exact) mass is 187 g/mol. The quantitative estimate of drug-likeness (QED) is 0.589. The minimum atomic E-state index is -0.689. The number of urea groups is 2. The molecule has 1 unspecified atom stereocenters. The van der Waals surface area contributed by atoms with Crippen molar-refractivity contribution in [2.75, 3.05) is 0 Å². The largest absolute Gasteiger partial charge is 0.354 e. The van der Waals surface area contributed by atoms with Crippen LogP contribution in [0.1, 0.15) is 20.8 Å². The molecule has 0 aliphatic carbocycles. The Bertz CT molecular complexity index is 241. The minimum Gasteiger partial charge on any atom is -0.315 e. The summed E-state index contributed by atoms with van der Waals surface area (Å²) >= 11 is 0. The average molecular weight is 187 g/mol. The lowest BCUT2D eigenvalue weighted by atomic mass is 10.3. The Morgan fingerprint density at radius 2 is 2.00 bits per heavy atom. The molecule has 0 aromatic rings. The summed E-state index contributed by atoms with van der Waals surface area (Å²) in [6, 6.07) is -1.43. The zero-order chi connectivity index (χ0) is 10.2. The fourth-order valence-corrected chi connectivity index (χ4v) is 1.13. The first-order valence-corrected chi connectivity index (χ1v) is 4.07. The maximum atomic E-state index is 11.3. The highest BCUT2D eigenvalue weighted by atomic mass is 16.5. The molecule has 2 N–H and O–H groups in total. The molecule has 6 heteroatoms. The van der Waals surface area contributed by atoms with Gasteiger partial charge < -0.3 is 5.32 Å². The maximum Gasteiger partial charge on any atom is 0.354 e. The number of carbonyl (C=O) groups is 2. The van der Waals surface area contributed by atoms with E-state index in [4.69, 9.17) is 0 Å². The second-order valence-electron chi connectivity index (χ2n) is 3.22. The third-order valence-corrected chi connectivity index (χ3v) is 1.84. The number of carbonyl (C=O) groups excluding carboxylic acids is 2. The Hall–Kier alpha value is -1.30. The Balaban J connectivity index is 2.86. The van der Waals surface area contributed by atoms with Crippen molar-refractivity contribution in [2.45, 2.75) is 33.0 Å². The molecule has 6 nitrogen and oxygen atoms in total. The van der Waals surface area contributed by atoms with E-state index < -0.39 is 18.2 Å². The summed E-state index contributed by atoms with van der Waals surface area (Å²) in [5.74, 6) is 0. The first-order valence-electron chi connectivity index (χ1n) is 4.07. The Kier molecular flexibility index (Phi) is 2.42. The number of imide groups is 1. The molecule has 0 radical (unpaired) electrons. The van der Waals surface area contributed by atoms with Gasteiger partial charge in [0.1, 0.15) is 6.17 Å². The van der Waals surface area contributed by atoms with Gasteiger partial charge >= 0.3 is 12.1 Å². The van der Waals surface area contributed by atoms with E-state index in [1.807, 2.05) is 0 Å². The second-order valence-corrected chi connectivity index (χ2v) is 3.22. The van der Waals surface area contributed by atoms with E-state index in [1.54, 1.807) is 13.8 Å². The molecule has 1 saturated heterocycles. The van der Waals surface area contributed by atoms with Crippen molar-refractivity contribution in [3.8, 4) is 0 Å². The predicted octanol–water partition coefficient (Wildman–Crippen LogP) is 0.577. The first-order chi connectivity index (χ1) is 5.95. The van der Waals surface area contributed by atoms with Gasteiger partial charge in [-0.05, 0) is 20.8 Å². The molecule has 0 saturated carbocycles. The van der Waals surface area contributed by atoms with Crippen LogP contribution in [0.2, 0.25) is 0 Å². The molecule has 74 valence electrons. The minimum absolute atomic E-state index is 0.269. The number of hydrogen-bond acceptors (Lipinski definition) is 3. The van der Waals surface area contributed by atoms with Crippen molar-refractivity contribution in [1.82, 2.24) is 15.3 Å². The van der Waals surface area contributed by atoms with Crippen LogP contribution in [0.15, 0.2) is 0 Å². The summed E-state index contributed by atoms with van der Waals surface area (Å²) in [6.07, 6.45) is -0.671. The van der Waals surface area contributed by atoms with Crippen LogP contribution in [-0.2, 0) is 0 Å². The van der Waals surface area contributed by atoms with Crippen LogP contribution in [0.4, 0.5) is 9.59 Å². The van der Waals surface area contributed by atoms with Crippen LogP contribution < -0.4 is 5.32 Å². The van der Waals surface area contributed by atoms with E-state index in [0.717, 1.165) is 4.90 Å². The van der Waals surface area contributed by atoms with Crippen molar-refractivity contribution in [3.05, 3.63) is 0 Å². The van der Waals surface area contributed by atoms with E-state index in [0.29, 0.717) is 5.06 Å². The fraction of sp³-hybridized carbons (Fsp3) is 0.714. The summed E-state index contributed by atoms with van der Waals surface area (Å²) in [7, 11) is 0. The van der Waals surface area contributed by atoms with E-state index in [1.165, 1.54) is 6.92 Å². The lowest BCUT2D eigenvalue weighted by Gasteiger charge is -2.37. The van der Waals surface area contributed by atoms with E-state index >= 15 is 0 Å². The van der Waals surface area contributed by atoms with Crippen LogP contribution in [0, 0.1) is 0 Å². The van der Waals surface area contributed by atoms with Gasteiger partial charge in [-0.15, -0.1) is 0 Å². The number of nitrogens with one attached hydrogen (secondary N) is 1. The van der Waals surface area contributed by atoms with Crippen LogP contribution in [-0.4, -0.2) is 39.4 Å². The maximum absolute atomic E-state index is 11.3. The van der Waals surface area contributed by atoms with E-state index in [-0.39, 0.29) is 6.04 Å². The van der Waals surface area contributed by atoms with Gasteiger partial charge in [0.2, 0.25) is 0 Å². The van der Waals surface area contributed by atoms with Gasteiger partial charge in [-0.3, -0.25) is 5.21 Å². The molecule has 4 amide bonds. The molecular formula is C7H13N3O3. The molecule has 1 fully saturated rings. The van der Waals surface area contributed by atoms with Gasteiger partial charge in [-0.25, -0.2) is 14.5 Å². The summed E-state index contributed by atoms with van der Waals surface area (Å²) < 4.78 is 0. The normalized spacial score (nSPS) is 23.9. The molecule has 0 bridgehead atoms. The lowest BCUT2D eigenvalue weighted by molar-refractivity contribution is -0.0997. The molecule has 0 aromatic carbocycles. The first kappa shape index (κ1) is 9.79. The van der Waals surface area contributed by atoms with Gasteiger partial charge in [0.15, 0.2) is 0 Å². The summed E-state index contributed by atoms with van der Waals surface area (Å²) in [4.78, 5) is 23.5. The SMILES string of the molecule is CC1NC(=O)N(C(C)C)C(=O)N1O. The molecular weight excluding hydrogens is 174 g/mol. The number of hydrogen-bond donors (Lipinski definition) is 2. The highest BCUT2D eigenvalue weighted by Crippen LogP contribution is 2.10. The van der Waals surface area contributed by atoms with Crippen LogP contribution in [0.25, 0.3) is 0 Å². The van der Waals surface area contributed by atoms with Crippen molar-refractivity contribution in [1.29, 1.82) is 0 Å². The van der Waals surface area contributed by atoms with E-state index in [9.17, 15) is 14.8 Å². The third kappa shape index (κ3) is 1.57. The average Bonchev–Trinajstić information content (AvgIpc) is 1.99. The topological polar surface area (TPSA) is 72.9 Å². The Morgan fingerprint density at radius 3 is 2.46 bits per heavy atom. The van der Waals surface area contributed by atoms with Crippen molar-refractivity contribution in [2.24, 2.45) is 0 Å². The smallest absolute Gasteiger partial charge is 0.315 e. The van der Waals surface area contributed by atoms with Gasteiger partial charge in [0.25, 0.3) is 0 Å². The standard InChI is InChI=1S/C7H13N3O3/c1-4(2)9-6(11)8-5(3)10(13)7(9)12/h4-5,13H,1-3H3,(H,8,11). The fourth-order valence-electron chi connectivity index (χ4n) is 1.13. The van der Waals surface area contributed by atoms with Crippen LogP contribution in [0.5, 0.6) is 0 Å². The van der Waals surface area contributed by atoms with E-state index in [2.05, 4.69) is 5.32 Å². The van der Waals surface area contributed by atoms with Crippen molar-refractivity contribution < 1.29 is 14.8 Å². The van der Waals surface area contributed by atoms with Gasteiger partial charge in [0.05, 0.1) is 0 Å². The molecule has 1 aliphatic heterocycles. The van der Waals surface area contributed by atoms with Gasteiger partial charge in [0, 0.05) is 6.04 Å². The summed E-state index contributed by atoms with van der Waals surface area (Å²) in [6.45, 7) is 4.91. The highest BCUT2D eigenvalue weighted by Gasteiger charge is 2.36.